The van der Waals surface area contributed by atoms with E-state index in [1.54, 1.807) is 11.3 Å². The molecule has 0 aromatic carbocycles. The van der Waals surface area contributed by atoms with Crippen LogP contribution in [-0.4, -0.2) is 0 Å². The van der Waals surface area contributed by atoms with Crippen molar-refractivity contribution < 1.29 is 0 Å². The molecule has 0 nitrogen and oxygen atoms in total. The third-order valence-electron chi connectivity index (χ3n) is 4.00. The van der Waals surface area contributed by atoms with E-state index in [9.17, 15) is 0 Å². The molecule has 0 bridgehead atoms. The minimum Gasteiger partial charge on any atom is -0.128 e. The number of halogens is 1. The molecule has 0 radical (unpaired) electrons. The first-order valence-electron chi connectivity index (χ1n) is 7.84. The molecule has 0 spiro atoms. The van der Waals surface area contributed by atoms with Crippen LogP contribution in [0.25, 0.3) is 0 Å². The minimum absolute atomic E-state index is 0.470. The standard InChI is InChI=1S/C17H29ClS/c1-4-6-8-9-13-17(3,12-7-5-2)14-15-10-11-16(18)19-15/h10-11H,4-9,12-14H2,1-3H3. The maximum absolute atomic E-state index is 6.06. The molecule has 0 aliphatic rings. The van der Waals surface area contributed by atoms with E-state index in [1.807, 2.05) is 6.07 Å². The van der Waals surface area contributed by atoms with Gasteiger partial charge in [0.05, 0.1) is 4.34 Å². The molecule has 1 atom stereocenters. The van der Waals surface area contributed by atoms with Gasteiger partial charge >= 0.3 is 0 Å². The summed E-state index contributed by atoms with van der Waals surface area (Å²) in [6.45, 7) is 7.05. The van der Waals surface area contributed by atoms with Crippen molar-refractivity contribution in [3.63, 3.8) is 0 Å². The van der Waals surface area contributed by atoms with E-state index in [1.165, 1.54) is 62.7 Å². The Morgan fingerprint density at radius 2 is 1.68 bits per heavy atom. The van der Waals surface area contributed by atoms with Gasteiger partial charge in [-0.05, 0) is 36.8 Å². The van der Waals surface area contributed by atoms with Crippen LogP contribution in [0.2, 0.25) is 4.34 Å². The lowest BCUT2D eigenvalue weighted by Crippen LogP contribution is -2.19. The molecule has 19 heavy (non-hydrogen) atoms. The van der Waals surface area contributed by atoms with Crippen LogP contribution < -0.4 is 0 Å². The fraction of sp³-hybridized carbons (Fsp3) is 0.765. The average Bonchev–Trinajstić information content (AvgIpc) is 2.78. The van der Waals surface area contributed by atoms with Gasteiger partial charge in [0.15, 0.2) is 0 Å². The first kappa shape index (κ1) is 17.0. The second-order valence-electron chi connectivity index (χ2n) is 6.11. The maximum Gasteiger partial charge on any atom is 0.0931 e. The highest BCUT2D eigenvalue weighted by Gasteiger charge is 2.24. The summed E-state index contributed by atoms with van der Waals surface area (Å²) in [5, 5.41) is 0. The van der Waals surface area contributed by atoms with Crippen molar-refractivity contribution in [2.24, 2.45) is 5.41 Å². The lowest BCUT2D eigenvalue weighted by molar-refractivity contribution is 0.253. The number of unbranched alkanes of at least 4 members (excludes halogenated alkanes) is 4. The summed E-state index contributed by atoms with van der Waals surface area (Å²) in [4.78, 5) is 1.46. The van der Waals surface area contributed by atoms with Crippen molar-refractivity contribution in [3.05, 3.63) is 21.3 Å². The molecule has 0 fully saturated rings. The summed E-state index contributed by atoms with van der Waals surface area (Å²) in [6.07, 6.45) is 12.1. The highest BCUT2D eigenvalue weighted by molar-refractivity contribution is 7.16. The van der Waals surface area contributed by atoms with Crippen LogP contribution in [0.3, 0.4) is 0 Å². The van der Waals surface area contributed by atoms with E-state index in [0.29, 0.717) is 5.41 Å². The second kappa shape index (κ2) is 9.02. The van der Waals surface area contributed by atoms with Gasteiger partial charge in [-0.15, -0.1) is 11.3 Å². The summed E-state index contributed by atoms with van der Waals surface area (Å²) in [5.74, 6) is 0. The fourth-order valence-corrected chi connectivity index (χ4v) is 4.05. The van der Waals surface area contributed by atoms with Crippen molar-refractivity contribution in [1.29, 1.82) is 0 Å². The summed E-state index contributed by atoms with van der Waals surface area (Å²) in [5.41, 5.74) is 0.470. The van der Waals surface area contributed by atoms with E-state index >= 15 is 0 Å². The van der Waals surface area contributed by atoms with Crippen LogP contribution in [0.1, 0.15) is 77.0 Å². The van der Waals surface area contributed by atoms with Crippen molar-refractivity contribution in [1.82, 2.24) is 0 Å². The Balaban J connectivity index is 2.52. The Kier molecular flexibility index (Phi) is 8.09. The molecule has 0 saturated heterocycles. The Morgan fingerprint density at radius 3 is 2.26 bits per heavy atom. The molecule has 1 unspecified atom stereocenters. The van der Waals surface area contributed by atoms with Crippen molar-refractivity contribution in [2.75, 3.05) is 0 Å². The van der Waals surface area contributed by atoms with Crippen molar-refractivity contribution in [2.45, 2.75) is 78.6 Å². The molecular formula is C17H29ClS. The molecule has 0 aliphatic heterocycles. The third kappa shape index (κ3) is 6.81. The summed E-state index contributed by atoms with van der Waals surface area (Å²) < 4.78 is 0.929. The van der Waals surface area contributed by atoms with E-state index in [2.05, 4.69) is 26.8 Å². The zero-order chi connectivity index (χ0) is 14.1. The molecule has 110 valence electrons. The van der Waals surface area contributed by atoms with E-state index in [-0.39, 0.29) is 0 Å². The molecule has 1 heterocycles. The Morgan fingerprint density at radius 1 is 1.00 bits per heavy atom. The maximum atomic E-state index is 6.06. The van der Waals surface area contributed by atoms with Crippen LogP contribution in [0.4, 0.5) is 0 Å². The minimum atomic E-state index is 0.470. The Hall–Kier alpha value is -0.0100. The molecule has 1 aromatic rings. The normalized spacial score (nSPS) is 14.5. The van der Waals surface area contributed by atoms with Gasteiger partial charge in [-0.1, -0.05) is 70.9 Å². The molecule has 0 amide bonds. The predicted octanol–water partition coefficient (Wildman–Crippen LogP) is 7.11. The van der Waals surface area contributed by atoms with E-state index in [4.69, 9.17) is 11.6 Å². The van der Waals surface area contributed by atoms with Gasteiger partial charge in [-0.3, -0.25) is 0 Å². The molecular weight excluding hydrogens is 272 g/mol. The molecule has 0 aliphatic carbocycles. The molecule has 1 aromatic heterocycles. The van der Waals surface area contributed by atoms with Crippen LogP contribution in [0.5, 0.6) is 0 Å². The highest BCUT2D eigenvalue weighted by Crippen LogP contribution is 2.37. The predicted molar refractivity (Wildman–Crippen MR) is 89.4 cm³/mol. The third-order valence-corrected chi connectivity index (χ3v) is 5.23. The lowest BCUT2D eigenvalue weighted by Gasteiger charge is -2.29. The van der Waals surface area contributed by atoms with Crippen molar-refractivity contribution in [3.8, 4) is 0 Å². The van der Waals surface area contributed by atoms with Gasteiger partial charge in [0.1, 0.15) is 0 Å². The van der Waals surface area contributed by atoms with Gasteiger partial charge in [0.2, 0.25) is 0 Å². The zero-order valence-corrected chi connectivity index (χ0v) is 14.4. The number of rotatable bonds is 10. The molecule has 0 saturated carbocycles. The van der Waals surface area contributed by atoms with Gasteiger partial charge in [0, 0.05) is 4.88 Å². The summed E-state index contributed by atoms with van der Waals surface area (Å²) >= 11 is 7.81. The average molecular weight is 301 g/mol. The first-order valence-corrected chi connectivity index (χ1v) is 9.03. The zero-order valence-electron chi connectivity index (χ0n) is 12.8. The topological polar surface area (TPSA) is 0 Å². The van der Waals surface area contributed by atoms with Crippen molar-refractivity contribution >= 4 is 22.9 Å². The lowest BCUT2D eigenvalue weighted by atomic mass is 9.77. The Labute approximate surface area is 128 Å². The van der Waals surface area contributed by atoms with Crippen LogP contribution in [-0.2, 0) is 6.42 Å². The van der Waals surface area contributed by atoms with Gasteiger partial charge in [0.25, 0.3) is 0 Å². The number of thiophene rings is 1. The first-order chi connectivity index (χ1) is 9.09. The second-order valence-corrected chi connectivity index (χ2v) is 7.91. The Bertz CT molecular complexity index is 345. The fourth-order valence-electron chi connectivity index (χ4n) is 2.75. The van der Waals surface area contributed by atoms with E-state index in [0.717, 1.165) is 4.34 Å². The number of hydrogen-bond donors (Lipinski definition) is 0. The van der Waals surface area contributed by atoms with Crippen LogP contribution in [0, 0.1) is 5.41 Å². The van der Waals surface area contributed by atoms with Crippen LogP contribution >= 0.6 is 22.9 Å². The highest BCUT2D eigenvalue weighted by atomic mass is 35.5. The molecule has 0 N–H and O–H groups in total. The SMILES string of the molecule is CCCCCCC(C)(CCCC)Cc1ccc(Cl)s1. The van der Waals surface area contributed by atoms with E-state index < -0.39 is 0 Å². The van der Waals surface area contributed by atoms with Gasteiger partial charge in [-0.25, -0.2) is 0 Å². The molecule has 1 rings (SSSR count). The van der Waals surface area contributed by atoms with Crippen LogP contribution in [0.15, 0.2) is 12.1 Å². The number of hydrogen-bond acceptors (Lipinski definition) is 1. The largest absolute Gasteiger partial charge is 0.128 e. The van der Waals surface area contributed by atoms with Gasteiger partial charge in [-0.2, -0.15) is 0 Å². The van der Waals surface area contributed by atoms with Gasteiger partial charge < -0.3 is 0 Å². The smallest absolute Gasteiger partial charge is 0.0931 e. The summed E-state index contributed by atoms with van der Waals surface area (Å²) in [7, 11) is 0. The molecule has 2 heteroatoms. The quantitative estimate of drug-likeness (QED) is 0.404. The summed E-state index contributed by atoms with van der Waals surface area (Å²) in [6, 6.07) is 4.25. The monoisotopic (exact) mass is 300 g/mol.